The van der Waals surface area contributed by atoms with Crippen molar-refractivity contribution in [1.29, 1.82) is 0 Å². The molecule has 3 nitrogen and oxygen atoms in total. The molecule has 0 fully saturated rings. The van der Waals surface area contributed by atoms with E-state index < -0.39 is 0 Å². The molecular weight excluding hydrogens is 222 g/mol. The van der Waals surface area contributed by atoms with Crippen LogP contribution in [0.25, 0.3) is 0 Å². The number of rotatable bonds is 2. The highest BCUT2D eigenvalue weighted by Gasteiger charge is 2.12. The number of hydrogen-bond donors (Lipinski definition) is 1. The lowest BCUT2D eigenvalue weighted by Gasteiger charge is -2.14. The van der Waals surface area contributed by atoms with E-state index in [1.165, 1.54) is 0 Å². The second-order valence-corrected chi connectivity index (χ2v) is 4.05. The average Bonchev–Trinajstić information content (AvgIpc) is 2.32. The summed E-state index contributed by atoms with van der Waals surface area (Å²) in [7, 11) is 0. The van der Waals surface area contributed by atoms with E-state index >= 15 is 0 Å². The molecule has 0 spiro atoms. The molecule has 2 aromatic rings. The number of hydrogen-bond acceptors (Lipinski definition) is 3. The van der Waals surface area contributed by atoms with Crippen molar-refractivity contribution in [2.45, 2.75) is 13.0 Å². The second-order valence-electron chi connectivity index (χ2n) is 3.61. The van der Waals surface area contributed by atoms with Gasteiger partial charge in [0.25, 0.3) is 0 Å². The minimum Gasteiger partial charge on any atom is -0.319 e. The molecule has 1 aromatic heterocycles. The first-order chi connectivity index (χ1) is 7.68. The van der Waals surface area contributed by atoms with Crippen molar-refractivity contribution in [1.82, 2.24) is 9.97 Å². The highest BCUT2D eigenvalue weighted by atomic mass is 35.5. The molecule has 2 N–H and O–H groups in total. The molecule has 1 unspecified atom stereocenters. The molecule has 16 heavy (non-hydrogen) atoms. The Morgan fingerprint density at radius 2 is 2.12 bits per heavy atom. The fourth-order valence-corrected chi connectivity index (χ4v) is 1.76. The van der Waals surface area contributed by atoms with Crippen LogP contribution in [-0.2, 0) is 0 Å². The summed E-state index contributed by atoms with van der Waals surface area (Å²) in [6.45, 7) is 2.00. The van der Waals surface area contributed by atoms with Gasteiger partial charge in [0.2, 0.25) is 0 Å². The predicted molar refractivity (Wildman–Crippen MR) is 64.3 cm³/mol. The van der Waals surface area contributed by atoms with Gasteiger partial charge in [0.15, 0.2) is 0 Å². The number of halogens is 1. The van der Waals surface area contributed by atoms with Gasteiger partial charge in [-0.05, 0) is 30.2 Å². The van der Waals surface area contributed by atoms with Crippen LogP contribution in [0.15, 0.2) is 36.8 Å². The van der Waals surface area contributed by atoms with Gasteiger partial charge in [0, 0.05) is 17.4 Å². The molecular formula is C12H12ClN3. The van der Waals surface area contributed by atoms with Gasteiger partial charge in [0.1, 0.15) is 0 Å². The van der Waals surface area contributed by atoms with Crippen LogP contribution in [0.1, 0.15) is 22.9 Å². The Bertz CT molecular complexity index is 485. The number of nitrogens with zero attached hydrogens (tertiary/aromatic N) is 2. The smallest absolute Gasteiger partial charge is 0.0799 e. The predicted octanol–water partition coefficient (Wildman–Crippen LogP) is 2.49. The lowest BCUT2D eigenvalue weighted by Crippen LogP contribution is -2.15. The van der Waals surface area contributed by atoms with Crippen molar-refractivity contribution >= 4 is 11.6 Å². The first-order valence-electron chi connectivity index (χ1n) is 4.96. The lowest BCUT2D eigenvalue weighted by atomic mass is 10.00. The highest BCUT2D eigenvalue weighted by molar-refractivity contribution is 6.30. The van der Waals surface area contributed by atoms with E-state index in [9.17, 15) is 0 Å². The minimum atomic E-state index is -0.285. The molecule has 1 atom stereocenters. The zero-order valence-corrected chi connectivity index (χ0v) is 9.65. The summed E-state index contributed by atoms with van der Waals surface area (Å²) in [5.41, 5.74) is 8.95. The van der Waals surface area contributed by atoms with Crippen LogP contribution in [0.2, 0.25) is 5.02 Å². The topological polar surface area (TPSA) is 51.8 Å². The Morgan fingerprint density at radius 3 is 2.81 bits per heavy atom. The number of aryl methyl sites for hydroxylation is 1. The maximum Gasteiger partial charge on any atom is 0.0799 e. The lowest BCUT2D eigenvalue weighted by molar-refractivity contribution is 0.811. The molecule has 0 saturated heterocycles. The van der Waals surface area contributed by atoms with Gasteiger partial charge >= 0.3 is 0 Å². The Hall–Kier alpha value is -1.45. The van der Waals surface area contributed by atoms with E-state index in [2.05, 4.69) is 9.97 Å². The molecule has 0 saturated carbocycles. The maximum absolute atomic E-state index is 6.12. The molecule has 0 aliphatic rings. The SMILES string of the molecule is Cc1ccc(Cl)cc1C(N)c1cnccn1. The van der Waals surface area contributed by atoms with E-state index in [0.717, 1.165) is 16.8 Å². The minimum absolute atomic E-state index is 0.285. The second kappa shape index (κ2) is 4.60. The molecule has 0 bridgehead atoms. The fourth-order valence-electron chi connectivity index (χ4n) is 1.58. The monoisotopic (exact) mass is 233 g/mol. The normalized spacial score (nSPS) is 12.4. The number of aromatic nitrogens is 2. The zero-order valence-electron chi connectivity index (χ0n) is 8.89. The van der Waals surface area contributed by atoms with Gasteiger partial charge in [-0.2, -0.15) is 0 Å². The van der Waals surface area contributed by atoms with Crippen LogP contribution in [0.3, 0.4) is 0 Å². The van der Waals surface area contributed by atoms with E-state index in [1.54, 1.807) is 18.6 Å². The van der Waals surface area contributed by atoms with Crippen LogP contribution in [-0.4, -0.2) is 9.97 Å². The van der Waals surface area contributed by atoms with E-state index in [1.807, 2.05) is 25.1 Å². The van der Waals surface area contributed by atoms with Gasteiger partial charge in [-0.25, -0.2) is 0 Å². The molecule has 0 aliphatic heterocycles. The van der Waals surface area contributed by atoms with Crippen LogP contribution >= 0.6 is 11.6 Å². The van der Waals surface area contributed by atoms with Gasteiger partial charge in [0.05, 0.1) is 17.9 Å². The Balaban J connectivity index is 2.41. The summed E-state index contributed by atoms with van der Waals surface area (Å²) < 4.78 is 0. The maximum atomic E-state index is 6.12. The van der Waals surface area contributed by atoms with Crippen molar-refractivity contribution in [3.63, 3.8) is 0 Å². The molecule has 0 amide bonds. The highest BCUT2D eigenvalue weighted by Crippen LogP contribution is 2.23. The average molecular weight is 234 g/mol. The summed E-state index contributed by atoms with van der Waals surface area (Å²) in [6, 6.07) is 5.39. The molecule has 4 heteroatoms. The van der Waals surface area contributed by atoms with Crippen molar-refractivity contribution in [2.24, 2.45) is 5.73 Å². The van der Waals surface area contributed by atoms with E-state index in [4.69, 9.17) is 17.3 Å². The van der Waals surface area contributed by atoms with Gasteiger partial charge in [-0.3, -0.25) is 9.97 Å². The number of benzene rings is 1. The quantitative estimate of drug-likeness (QED) is 0.867. The third-order valence-corrected chi connectivity index (χ3v) is 2.71. The third kappa shape index (κ3) is 2.21. The van der Waals surface area contributed by atoms with Crippen molar-refractivity contribution in [3.8, 4) is 0 Å². The number of nitrogens with two attached hydrogens (primary N) is 1. The van der Waals surface area contributed by atoms with Gasteiger partial charge in [-0.1, -0.05) is 17.7 Å². The standard InChI is InChI=1S/C12H12ClN3/c1-8-2-3-9(13)6-10(8)12(14)11-7-15-4-5-16-11/h2-7,12H,14H2,1H3. The largest absolute Gasteiger partial charge is 0.319 e. The Kier molecular flexibility index (Phi) is 3.17. The van der Waals surface area contributed by atoms with Gasteiger partial charge in [-0.15, -0.1) is 0 Å². The summed E-state index contributed by atoms with van der Waals surface area (Å²) in [5.74, 6) is 0. The molecule has 1 heterocycles. The fraction of sp³-hybridized carbons (Fsp3) is 0.167. The van der Waals surface area contributed by atoms with Gasteiger partial charge < -0.3 is 5.73 Å². The molecule has 82 valence electrons. The first kappa shape index (κ1) is 11.0. The summed E-state index contributed by atoms with van der Waals surface area (Å²) in [5, 5.41) is 0.681. The van der Waals surface area contributed by atoms with Crippen molar-refractivity contribution in [2.75, 3.05) is 0 Å². The molecule has 2 rings (SSSR count). The Labute approximate surface area is 99.3 Å². The summed E-state index contributed by atoms with van der Waals surface area (Å²) in [4.78, 5) is 8.20. The van der Waals surface area contributed by atoms with Crippen LogP contribution < -0.4 is 5.73 Å². The summed E-state index contributed by atoms with van der Waals surface area (Å²) in [6.07, 6.45) is 4.93. The first-order valence-corrected chi connectivity index (χ1v) is 5.34. The van der Waals surface area contributed by atoms with Crippen LogP contribution in [0.5, 0.6) is 0 Å². The van der Waals surface area contributed by atoms with Crippen LogP contribution in [0.4, 0.5) is 0 Å². The van der Waals surface area contributed by atoms with Crippen molar-refractivity contribution in [3.05, 3.63) is 58.6 Å². The summed E-state index contributed by atoms with van der Waals surface area (Å²) >= 11 is 5.96. The zero-order chi connectivity index (χ0) is 11.5. The third-order valence-electron chi connectivity index (χ3n) is 2.48. The van der Waals surface area contributed by atoms with E-state index in [-0.39, 0.29) is 6.04 Å². The Morgan fingerprint density at radius 1 is 1.31 bits per heavy atom. The van der Waals surface area contributed by atoms with Crippen LogP contribution in [0, 0.1) is 6.92 Å². The van der Waals surface area contributed by atoms with Crippen molar-refractivity contribution < 1.29 is 0 Å². The molecule has 0 aliphatic carbocycles. The van der Waals surface area contributed by atoms with E-state index in [0.29, 0.717) is 5.02 Å². The molecule has 1 aromatic carbocycles. The molecule has 0 radical (unpaired) electrons.